The zero-order chi connectivity index (χ0) is 13.8. The van der Waals surface area contributed by atoms with E-state index in [-0.39, 0.29) is 36.6 Å². The Morgan fingerprint density at radius 3 is 2.52 bits per heavy atom. The minimum Gasteiger partial charge on any atom is -0.506 e. The summed E-state index contributed by atoms with van der Waals surface area (Å²) in [5, 5.41) is 22.7. The normalized spacial score (nSPS) is 16.2. The highest BCUT2D eigenvalue weighted by atomic mass is 79.9. The number of nitrogens with one attached hydrogen (secondary N) is 1. The molecule has 7 heteroatoms. The van der Waals surface area contributed by atoms with E-state index in [9.17, 15) is 5.11 Å². The van der Waals surface area contributed by atoms with Gasteiger partial charge in [-0.3, -0.25) is 4.90 Å². The summed E-state index contributed by atoms with van der Waals surface area (Å²) in [5.74, 6) is 0.113. The second kappa shape index (κ2) is 9.50. The Morgan fingerprint density at radius 2 is 2.00 bits per heavy atom. The number of phenols is 1. The van der Waals surface area contributed by atoms with E-state index in [1.54, 1.807) is 6.07 Å². The van der Waals surface area contributed by atoms with Crippen molar-refractivity contribution in [3.63, 3.8) is 0 Å². The molecule has 1 aromatic rings. The zero-order valence-corrected chi connectivity index (χ0v) is 15.0. The van der Waals surface area contributed by atoms with Crippen molar-refractivity contribution in [2.75, 3.05) is 26.2 Å². The number of hydrogen-bond donors (Lipinski definition) is 2. The van der Waals surface area contributed by atoms with Crippen LogP contribution in [0.25, 0.3) is 0 Å². The van der Waals surface area contributed by atoms with Crippen LogP contribution in [0, 0.1) is 11.3 Å². The number of nitrogens with zero attached hydrogens (tertiary/aromatic N) is 2. The average molecular weight is 397 g/mol. The molecule has 1 aromatic carbocycles. The predicted octanol–water partition coefficient (Wildman–Crippen LogP) is 3.23. The van der Waals surface area contributed by atoms with E-state index in [1.165, 1.54) is 0 Å². The fourth-order valence-corrected chi connectivity index (χ4v) is 3.21. The third kappa shape index (κ3) is 4.48. The number of rotatable bonds is 3. The lowest BCUT2D eigenvalue weighted by Crippen LogP contribution is -2.45. The quantitative estimate of drug-likeness (QED) is 0.823. The number of aromatic hydroxyl groups is 1. The maximum Gasteiger partial charge on any atom is 0.139 e. The van der Waals surface area contributed by atoms with Crippen LogP contribution in [0.3, 0.4) is 0 Å². The lowest BCUT2D eigenvalue weighted by molar-refractivity contribution is 0.166. The first-order valence-electron chi connectivity index (χ1n) is 6.55. The zero-order valence-electron chi connectivity index (χ0n) is 11.8. The Bertz CT molecular complexity index is 502. The van der Waals surface area contributed by atoms with Gasteiger partial charge in [0, 0.05) is 42.3 Å². The number of nitriles is 1. The fourth-order valence-electron chi connectivity index (χ4n) is 2.63. The Labute approximate surface area is 146 Å². The van der Waals surface area contributed by atoms with Gasteiger partial charge < -0.3 is 10.4 Å². The Kier molecular flexibility index (Phi) is 9.26. The molecule has 0 radical (unpaired) electrons. The van der Waals surface area contributed by atoms with E-state index in [1.807, 2.05) is 12.1 Å². The van der Waals surface area contributed by atoms with Gasteiger partial charge in [-0.2, -0.15) is 5.26 Å². The van der Waals surface area contributed by atoms with Crippen molar-refractivity contribution in [2.24, 2.45) is 0 Å². The topological polar surface area (TPSA) is 59.3 Å². The van der Waals surface area contributed by atoms with Crippen LogP contribution in [-0.4, -0.2) is 36.2 Å². The van der Waals surface area contributed by atoms with Crippen LogP contribution >= 0.6 is 40.7 Å². The maximum absolute atomic E-state index is 10.3. The number of hydrogen-bond acceptors (Lipinski definition) is 4. The smallest absolute Gasteiger partial charge is 0.139 e. The summed E-state index contributed by atoms with van der Waals surface area (Å²) in [6.07, 6.45) is 0.904. The van der Waals surface area contributed by atoms with E-state index < -0.39 is 0 Å². The van der Waals surface area contributed by atoms with Gasteiger partial charge in [0.1, 0.15) is 11.8 Å². The molecular weight excluding hydrogens is 377 g/mol. The van der Waals surface area contributed by atoms with Gasteiger partial charge in [-0.05, 0) is 18.6 Å². The largest absolute Gasteiger partial charge is 0.506 e. The van der Waals surface area contributed by atoms with Crippen LogP contribution in [0.2, 0.25) is 0 Å². The first-order valence-corrected chi connectivity index (χ1v) is 7.34. The molecule has 21 heavy (non-hydrogen) atoms. The lowest BCUT2D eigenvalue weighted by atomic mass is 9.98. The molecule has 4 nitrogen and oxygen atoms in total. The molecule has 0 amide bonds. The van der Waals surface area contributed by atoms with Crippen LogP contribution < -0.4 is 5.32 Å². The van der Waals surface area contributed by atoms with Crippen molar-refractivity contribution in [3.8, 4) is 11.8 Å². The molecule has 0 aliphatic carbocycles. The number of benzene rings is 1. The highest BCUT2D eigenvalue weighted by Crippen LogP contribution is 2.38. The molecule has 0 aromatic heterocycles. The van der Waals surface area contributed by atoms with Crippen LogP contribution in [0.1, 0.15) is 30.5 Å². The lowest BCUT2D eigenvalue weighted by Gasteiger charge is -2.35. The fraction of sp³-hybridized carbons (Fsp3) is 0.500. The van der Waals surface area contributed by atoms with Crippen LogP contribution in [0.4, 0.5) is 0 Å². The second-order valence-electron chi connectivity index (χ2n) is 4.68. The standard InChI is InChI=1S/C14H18BrN3O.2ClH/c1-2-12(18-7-5-17-6-8-18)13-11(15)4-3-10(9-16)14(13)19;;/h3-4,12,17,19H,2,5-8H2,1H3;2*1H/t12-;;/m0../s1. The van der Waals surface area contributed by atoms with Gasteiger partial charge in [0.15, 0.2) is 0 Å². The van der Waals surface area contributed by atoms with E-state index in [4.69, 9.17) is 5.26 Å². The van der Waals surface area contributed by atoms with Gasteiger partial charge in [0.05, 0.1) is 5.56 Å². The molecule has 0 unspecified atom stereocenters. The third-order valence-corrected chi connectivity index (χ3v) is 4.29. The van der Waals surface area contributed by atoms with E-state index >= 15 is 0 Å². The van der Waals surface area contributed by atoms with E-state index in [2.05, 4.69) is 33.1 Å². The van der Waals surface area contributed by atoms with Gasteiger partial charge in [-0.1, -0.05) is 22.9 Å². The van der Waals surface area contributed by atoms with Gasteiger partial charge in [0.25, 0.3) is 0 Å². The van der Waals surface area contributed by atoms with Gasteiger partial charge in [-0.15, -0.1) is 24.8 Å². The average Bonchev–Trinajstić information content (AvgIpc) is 2.44. The van der Waals surface area contributed by atoms with Crippen molar-refractivity contribution in [3.05, 3.63) is 27.7 Å². The molecule has 0 spiro atoms. The molecule has 2 rings (SSSR count). The van der Waals surface area contributed by atoms with E-state index in [0.29, 0.717) is 5.56 Å². The Balaban J connectivity index is 0.00000200. The van der Waals surface area contributed by atoms with Crippen molar-refractivity contribution in [1.29, 1.82) is 5.26 Å². The molecule has 1 saturated heterocycles. The molecular formula is C14H20BrCl2N3O. The molecule has 2 N–H and O–H groups in total. The summed E-state index contributed by atoms with van der Waals surface area (Å²) >= 11 is 3.51. The van der Waals surface area contributed by atoms with Gasteiger partial charge in [0.2, 0.25) is 0 Å². The molecule has 1 fully saturated rings. The molecule has 1 heterocycles. The van der Waals surface area contributed by atoms with Crippen LogP contribution in [-0.2, 0) is 0 Å². The minimum absolute atomic E-state index is 0. The van der Waals surface area contributed by atoms with E-state index in [0.717, 1.165) is 42.6 Å². The molecule has 0 bridgehead atoms. The van der Waals surface area contributed by atoms with Crippen LogP contribution in [0.5, 0.6) is 5.75 Å². The SMILES string of the molecule is CC[C@@H](c1c(Br)ccc(C#N)c1O)N1CCNCC1.Cl.Cl. The summed E-state index contributed by atoms with van der Waals surface area (Å²) in [4.78, 5) is 2.36. The first-order chi connectivity index (χ1) is 9.19. The summed E-state index contributed by atoms with van der Waals surface area (Å²) in [7, 11) is 0. The molecule has 1 aliphatic rings. The molecule has 118 valence electrons. The molecule has 1 aliphatic heterocycles. The number of phenolic OH excluding ortho intramolecular Hbond substituents is 1. The summed E-state index contributed by atoms with van der Waals surface area (Å²) in [6.45, 7) is 5.96. The van der Waals surface area contributed by atoms with Crippen molar-refractivity contribution >= 4 is 40.7 Å². The van der Waals surface area contributed by atoms with Crippen molar-refractivity contribution in [1.82, 2.24) is 10.2 Å². The molecule has 0 saturated carbocycles. The van der Waals surface area contributed by atoms with Crippen molar-refractivity contribution < 1.29 is 5.11 Å². The van der Waals surface area contributed by atoms with Crippen LogP contribution in [0.15, 0.2) is 16.6 Å². The monoisotopic (exact) mass is 395 g/mol. The summed E-state index contributed by atoms with van der Waals surface area (Å²) in [5.41, 5.74) is 1.18. The van der Waals surface area contributed by atoms with Gasteiger partial charge >= 0.3 is 0 Å². The maximum atomic E-state index is 10.3. The second-order valence-corrected chi connectivity index (χ2v) is 5.53. The highest BCUT2D eigenvalue weighted by Gasteiger charge is 2.26. The third-order valence-electron chi connectivity index (χ3n) is 3.60. The highest BCUT2D eigenvalue weighted by molar-refractivity contribution is 9.10. The summed E-state index contributed by atoms with van der Waals surface area (Å²) < 4.78 is 0.870. The van der Waals surface area contributed by atoms with Crippen molar-refractivity contribution in [2.45, 2.75) is 19.4 Å². The first kappa shape index (κ1) is 20.5. The Morgan fingerprint density at radius 1 is 1.38 bits per heavy atom. The summed E-state index contributed by atoms with van der Waals surface area (Å²) in [6, 6.07) is 5.68. The number of piperazine rings is 1. The molecule has 1 atom stereocenters. The van der Waals surface area contributed by atoms with Gasteiger partial charge in [-0.25, -0.2) is 0 Å². The minimum atomic E-state index is 0. The number of halogens is 3. The Hall–Kier alpha value is -0.510. The predicted molar refractivity (Wildman–Crippen MR) is 92.5 cm³/mol.